The first-order valence-corrected chi connectivity index (χ1v) is 6.96. The van der Waals surface area contributed by atoms with Crippen LogP contribution in [-0.4, -0.2) is 7.11 Å². The normalized spacial score (nSPS) is 10.4. The predicted octanol–water partition coefficient (Wildman–Crippen LogP) is 4.54. The van der Waals surface area contributed by atoms with Gasteiger partial charge in [-0.05, 0) is 73.7 Å². The second-order valence-electron chi connectivity index (χ2n) is 5.40. The molecule has 2 nitrogen and oxygen atoms in total. The summed E-state index contributed by atoms with van der Waals surface area (Å²) in [6, 6.07) is 10.6. The van der Waals surface area contributed by atoms with Crippen molar-refractivity contribution in [2.24, 2.45) is 0 Å². The number of rotatable bonds is 4. The van der Waals surface area contributed by atoms with Crippen molar-refractivity contribution in [3.05, 3.63) is 58.1 Å². The Balaban J connectivity index is 2.15. The van der Waals surface area contributed by atoms with Crippen molar-refractivity contribution in [3.63, 3.8) is 0 Å². The van der Waals surface area contributed by atoms with E-state index < -0.39 is 0 Å². The highest BCUT2D eigenvalue weighted by atomic mass is 16.5. The van der Waals surface area contributed by atoms with E-state index in [9.17, 15) is 0 Å². The molecule has 0 fully saturated rings. The van der Waals surface area contributed by atoms with Crippen molar-refractivity contribution in [3.8, 4) is 5.75 Å². The van der Waals surface area contributed by atoms with Crippen LogP contribution in [0.2, 0.25) is 0 Å². The molecule has 0 bridgehead atoms. The average molecular weight is 269 g/mol. The van der Waals surface area contributed by atoms with Gasteiger partial charge in [0.15, 0.2) is 0 Å². The molecule has 20 heavy (non-hydrogen) atoms. The Labute approximate surface area is 121 Å². The highest BCUT2D eigenvalue weighted by molar-refractivity contribution is 5.54. The van der Waals surface area contributed by atoms with Crippen LogP contribution in [0.15, 0.2) is 30.3 Å². The van der Waals surface area contributed by atoms with E-state index in [0.29, 0.717) is 0 Å². The SMILES string of the molecule is COc1ccc(NCc2cc(C)c(C)cc2C)c(C)c1. The van der Waals surface area contributed by atoms with Crippen molar-refractivity contribution < 1.29 is 4.74 Å². The summed E-state index contributed by atoms with van der Waals surface area (Å²) >= 11 is 0. The standard InChI is InChI=1S/C18H23NO/c1-12-8-14(3)16(9-13(12)2)11-19-18-7-6-17(20-5)10-15(18)4/h6-10,19H,11H2,1-5H3. The summed E-state index contributed by atoms with van der Waals surface area (Å²) in [6.45, 7) is 9.44. The van der Waals surface area contributed by atoms with Crippen LogP contribution in [0, 0.1) is 27.7 Å². The second kappa shape index (κ2) is 6.00. The predicted molar refractivity (Wildman–Crippen MR) is 85.7 cm³/mol. The lowest BCUT2D eigenvalue weighted by Gasteiger charge is -2.14. The van der Waals surface area contributed by atoms with Crippen LogP contribution in [0.5, 0.6) is 5.75 Å². The van der Waals surface area contributed by atoms with E-state index in [1.807, 2.05) is 6.07 Å². The van der Waals surface area contributed by atoms with Gasteiger partial charge in [0.1, 0.15) is 5.75 Å². The molecule has 106 valence electrons. The zero-order valence-electron chi connectivity index (χ0n) is 13.0. The first-order valence-electron chi connectivity index (χ1n) is 6.96. The summed E-state index contributed by atoms with van der Waals surface area (Å²) in [5.74, 6) is 0.899. The Bertz CT molecular complexity index is 617. The summed E-state index contributed by atoms with van der Waals surface area (Å²) in [4.78, 5) is 0. The highest BCUT2D eigenvalue weighted by Gasteiger charge is 2.04. The van der Waals surface area contributed by atoms with Crippen LogP contribution in [0.1, 0.15) is 27.8 Å². The van der Waals surface area contributed by atoms with Gasteiger partial charge in [-0.1, -0.05) is 12.1 Å². The molecule has 0 amide bonds. The van der Waals surface area contributed by atoms with E-state index in [0.717, 1.165) is 18.0 Å². The Morgan fingerprint density at radius 3 is 2.20 bits per heavy atom. The first-order chi connectivity index (χ1) is 9.51. The van der Waals surface area contributed by atoms with Crippen molar-refractivity contribution in [1.29, 1.82) is 0 Å². The lowest BCUT2D eigenvalue weighted by atomic mass is 10.0. The topological polar surface area (TPSA) is 21.3 Å². The van der Waals surface area contributed by atoms with Crippen LogP contribution < -0.4 is 10.1 Å². The van der Waals surface area contributed by atoms with E-state index in [4.69, 9.17) is 4.74 Å². The number of nitrogens with one attached hydrogen (secondary N) is 1. The largest absolute Gasteiger partial charge is 0.497 e. The molecule has 0 atom stereocenters. The number of aryl methyl sites for hydroxylation is 4. The molecule has 0 saturated carbocycles. The van der Waals surface area contributed by atoms with E-state index >= 15 is 0 Å². The fraction of sp³-hybridized carbons (Fsp3) is 0.333. The third-order valence-electron chi connectivity index (χ3n) is 3.86. The fourth-order valence-electron chi connectivity index (χ4n) is 2.36. The van der Waals surface area contributed by atoms with Crippen molar-refractivity contribution in [2.75, 3.05) is 12.4 Å². The molecule has 0 heterocycles. The average Bonchev–Trinajstić information content (AvgIpc) is 2.42. The quantitative estimate of drug-likeness (QED) is 0.879. The van der Waals surface area contributed by atoms with E-state index in [1.165, 1.54) is 27.8 Å². The molecule has 2 rings (SSSR count). The van der Waals surface area contributed by atoms with Crippen molar-refractivity contribution in [2.45, 2.75) is 34.2 Å². The van der Waals surface area contributed by atoms with Gasteiger partial charge >= 0.3 is 0 Å². The molecule has 0 unspecified atom stereocenters. The molecule has 0 radical (unpaired) electrons. The van der Waals surface area contributed by atoms with Crippen molar-refractivity contribution in [1.82, 2.24) is 0 Å². The van der Waals surface area contributed by atoms with Crippen LogP contribution in [0.4, 0.5) is 5.69 Å². The third-order valence-corrected chi connectivity index (χ3v) is 3.86. The number of hydrogen-bond acceptors (Lipinski definition) is 2. The number of methoxy groups -OCH3 is 1. The molecule has 1 N–H and O–H groups in total. The Morgan fingerprint density at radius 1 is 0.850 bits per heavy atom. The molecule has 0 spiro atoms. The third kappa shape index (κ3) is 3.13. The van der Waals surface area contributed by atoms with Crippen LogP contribution in [0.3, 0.4) is 0 Å². The van der Waals surface area contributed by atoms with Crippen molar-refractivity contribution >= 4 is 5.69 Å². The highest BCUT2D eigenvalue weighted by Crippen LogP contribution is 2.22. The Hall–Kier alpha value is -1.96. The zero-order valence-corrected chi connectivity index (χ0v) is 13.0. The molecule has 0 aliphatic heterocycles. The smallest absolute Gasteiger partial charge is 0.119 e. The van der Waals surface area contributed by atoms with E-state index in [1.54, 1.807) is 7.11 Å². The summed E-state index contributed by atoms with van der Waals surface area (Å²) in [7, 11) is 1.69. The Morgan fingerprint density at radius 2 is 1.55 bits per heavy atom. The molecule has 0 saturated heterocycles. The first kappa shape index (κ1) is 14.4. The van der Waals surface area contributed by atoms with Gasteiger partial charge < -0.3 is 10.1 Å². The summed E-state index contributed by atoms with van der Waals surface area (Å²) in [5.41, 5.74) is 7.75. The maximum Gasteiger partial charge on any atom is 0.119 e. The Kier molecular flexibility index (Phi) is 4.33. The van der Waals surface area contributed by atoms with Gasteiger partial charge in [-0.15, -0.1) is 0 Å². The minimum atomic E-state index is 0.847. The lowest BCUT2D eigenvalue weighted by molar-refractivity contribution is 0.414. The van der Waals surface area contributed by atoms with E-state index in [2.05, 4.69) is 57.3 Å². The van der Waals surface area contributed by atoms with Crippen LogP contribution in [0.25, 0.3) is 0 Å². The molecule has 0 aliphatic rings. The van der Waals surface area contributed by atoms with Gasteiger partial charge in [0.25, 0.3) is 0 Å². The number of benzene rings is 2. The monoisotopic (exact) mass is 269 g/mol. The van der Waals surface area contributed by atoms with Gasteiger partial charge in [-0.3, -0.25) is 0 Å². The molecule has 0 aromatic heterocycles. The molecule has 0 aliphatic carbocycles. The number of ether oxygens (including phenoxy) is 1. The molecule has 2 aromatic rings. The minimum Gasteiger partial charge on any atom is -0.497 e. The molecular weight excluding hydrogens is 246 g/mol. The molecule has 2 heteroatoms. The van der Waals surface area contributed by atoms with Crippen LogP contribution >= 0.6 is 0 Å². The fourth-order valence-corrected chi connectivity index (χ4v) is 2.36. The minimum absolute atomic E-state index is 0.847. The molecule has 2 aromatic carbocycles. The maximum absolute atomic E-state index is 5.23. The zero-order chi connectivity index (χ0) is 14.7. The van der Waals surface area contributed by atoms with Gasteiger partial charge in [0, 0.05) is 12.2 Å². The van der Waals surface area contributed by atoms with Gasteiger partial charge in [-0.2, -0.15) is 0 Å². The number of hydrogen-bond donors (Lipinski definition) is 1. The van der Waals surface area contributed by atoms with Gasteiger partial charge in [0.05, 0.1) is 7.11 Å². The lowest BCUT2D eigenvalue weighted by Crippen LogP contribution is -2.04. The van der Waals surface area contributed by atoms with Crippen LogP contribution in [-0.2, 0) is 6.54 Å². The summed E-state index contributed by atoms with van der Waals surface area (Å²) < 4.78 is 5.23. The van der Waals surface area contributed by atoms with Gasteiger partial charge in [-0.25, -0.2) is 0 Å². The second-order valence-corrected chi connectivity index (χ2v) is 5.40. The maximum atomic E-state index is 5.23. The van der Waals surface area contributed by atoms with E-state index in [-0.39, 0.29) is 0 Å². The molecular formula is C18H23NO. The summed E-state index contributed by atoms with van der Waals surface area (Å²) in [6.07, 6.45) is 0. The van der Waals surface area contributed by atoms with Gasteiger partial charge in [0.2, 0.25) is 0 Å². The number of anilines is 1. The summed E-state index contributed by atoms with van der Waals surface area (Å²) in [5, 5.41) is 3.51.